The topological polar surface area (TPSA) is 86.2 Å². The lowest BCUT2D eigenvalue weighted by atomic mass is 10.2. The molecule has 3 rings (SSSR count). The number of esters is 1. The second-order valence-electron chi connectivity index (χ2n) is 6.44. The fourth-order valence-electron chi connectivity index (χ4n) is 2.71. The molecule has 0 aliphatic rings. The number of hydrogen-bond donors (Lipinski definition) is 1. The molecule has 0 saturated heterocycles. The van der Waals surface area contributed by atoms with E-state index in [1.165, 1.54) is 6.21 Å². The molecule has 0 fully saturated rings. The first-order valence-electron chi connectivity index (χ1n) is 9.72. The first kappa shape index (κ1) is 23.0. The number of ether oxygens (including phenoxy) is 3. The largest absolute Gasteiger partial charge is 0.497 e. The summed E-state index contributed by atoms with van der Waals surface area (Å²) in [4.78, 5) is 24.7. The predicted molar refractivity (Wildman–Crippen MR) is 125 cm³/mol. The molecule has 0 aromatic heterocycles. The summed E-state index contributed by atoms with van der Waals surface area (Å²) in [5.41, 5.74) is 3.99. The summed E-state index contributed by atoms with van der Waals surface area (Å²) in [6, 6.07) is 18.7. The highest BCUT2D eigenvalue weighted by Crippen LogP contribution is 2.29. The molecule has 0 heterocycles. The fraction of sp³-hybridized carbons (Fsp3) is 0.125. The zero-order chi connectivity index (χ0) is 22.9. The first-order chi connectivity index (χ1) is 15.5. The summed E-state index contributed by atoms with van der Waals surface area (Å²) in [5, 5.41) is 3.99. The number of hydrazone groups is 1. The van der Waals surface area contributed by atoms with Crippen molar-refractivity contribution in [3.63, 3.8) is 0 Å². The second kappa shape index (κ2) is 11.1. The van der Waals surface area contributed by atoms with Crippen LogP contribution in [0.5, 0.6) is 17.2 Å². The summed E-state index contributed by atoms with van der Waals surface area (Å²) < 4.78 is 16.9. The summed E-state index contributed by atoms with van der Waals surface area (Å²) in [5.74, 6) is 0.448. The molecule has 0 bridgehead atoms. The predicted octanol–water partition coefficient (Wildman–Crippen LogP) is 4.84. The zero-order valence-corrected chi connectivity index (χ0v) is 19.1. The average Bonchev–Trinajstić information content (AvgIpc) is 2.81. The minimum absolute atomic E-state index is 0.280. The van der Waals surface area contributed by atoms with Crippen LogP contribution in [0.15, 0.2) is 76.3 Å². The molecular formula is C24H21BrN2O5. The molecule has 8 heteroatoms. The molecule has 3 aromatic carbocycles. The standard InChI is InChI=1S/C24H21BrN2O5/c1-3-31-22-14-16(15-26-27-23(28)19-6-4-5-7-20(19)25)8-13-21(22)32-24(29)17-9-11-18(30-2)12-10-17/h4-15H,3H2,1-2H3,(H,27,28)/b26-15+. The van der Waals surface area contributed by atoms with E-state index >= 15 is 0 Å². The van der Waals surface area contributed by atoms with Crippen LogP contribution in [0, 0.1) is 0 Å². The van der Waals surface area contributed by atoms with Crippen LogP contribution >= 0.6 is 15.9 Å². The van der Waals surface area contributed by atoms with E-state index in [2.05, 4.69) is 26.5 Å². The van der Waals surface area contributed by atoms with Gasteiger partial charge in [0.2, 0.25) is 0 Å². The molecule has 0 saturated carbocycles. The highest BCUT2D eigenvalue weighted by molar-refractivity contribution is 9.10. The summed E-state index contributed by atoms with van der Waals surface area (Å²) in [6.07, 6.45) is 1.48. The number of nitrogens with one attached hydrogen (secondary N) is 1. The second-order valence-corrected chi connectivity index (χ2v) is 7.29. The van der Waals surface area contributed by atoms with E-state index in [1.807, 2.05) is 13.0 Å². The lowest BCUT2D eigenvalue weighted by molar-refractivity contribution is 0.0728. The van der Waals surface area contributed by atoms with Crippen molar-refractivity contribution in [2.24, 2.45) is 5.10 Å². The summed E-state index contributed by atoms with van der Waals surface area (Å²) >= 11 is 3.34. The Morgan fingerprint density at radius 1 is 1.03 bits per heavy atom. The summed E-state index contributed by atoms with van der Waals surface area (Å²) in [6.45, 7) is 2.21. The van der Waals surface area contributed by atoms with Gasteiger partial charge in [-0.2, -0.15) is 5.10 Å². The third-order valence-corrected chi connectivity index (χ3v) is 4.99. The van der Waals surface area contributed by atoms with Crippen molar-refractivity contribution in [2.45, 2.75) is 6.92 Å². The Morgan fingerprint density at radius 2 is 1.78 bits per heavy atom. The first-order valence-corrected chi connectivity index (χ1v) is 10.5. The van der Waals surface area contributed by atoms with Gasteiger partial charge in [-0.1, -0.05) is 12.1 Å². The van der Waals surface area contributed by atoms with Crippen LogP contribution in [0.2, 0.25) is 0 Å². The number of amides is 1. The molecule has 0 spiro atoms. The molecule has 1 amide bonds. The maximum atomic E-state index is 12.5. The SMILES string of the molecule is CCOc1cc(/C=N/NC(=O)c2ccccc2Br)ccc1OC(=O)c1ccc(OC)cc1. The number of hydrogen-bond acceptors (Lipinski definition) is 6. The van der Waals surface area contributed by atoms with E-state index in [0.29, 0.717) is 39.3 Å². The van der Waals surface area contributed by atoms with Gasteiger partial charge in [0.1, 0.15) is 5.75 Å². The lowest BCUT2D eigenvalue weighted by Gasteiger charge is -2.11. The molecule has 164 valence electrons. The number of halogens is 1. The number of nitrogens with zero attached hydrogens (tertiary/aromatic N) is 1. The third-order valence-electron chi connectivity index (χ3n) is 4.29. The highest BCUT2D eigenvalue weighted by Gasteiger charge is 2.14. The van der Waals surface area contributed by atoms with Gasteiger partial charge in [0, 0.05) is 4.47 Å². The molecule has 0 atom stereocenters. The van der Waals surface area contributed by atoms with Crippen LogP contribution in [0.4, 0.5) is 0 Å². The zero-order valence-electron chi connectivity index (χ0n) is 17.5. The van der Waals surface area contributed by atoms with Crippen molar-refractivity contribution in [1.82, 2.24) is 5.43 Å². The molecule has 0 aliphatic heterocycles. The van der Waals surface area contributed by atoms with Crippen LogP contribution in [0.25, 0.3) is 0 Å². The van der Waals surface area contributed by atoms with Gasteiger partial charge in [-0.15, -0.1) is 0 Å². The highest BCUT2D eigenvalue weighted by atomic mass is 79.9. The molecule has 32 heavy (non-hydrogen) atoms. The molecule has 0 aliphatic carbocycles. The van der Waals surface area contributed by atoms with Gasteiger partial charge in [-0.25, -0.2) is 10.2 Å². The molecule has 0 radical (unpaired) electrons. The monoisotopic (exact) mass is 496 g/mol. The van der Waals surface area contributed by atoms with Crippen molar-refractivity contribution >= 4 is 34.0 Å². The van der Waals surface area contributed by atoms with Gasteiger partial charge in [0.05, 0.1) is 31.1 Å². The smallest absolute Gasteiger partial charge is 0.343 e. The Hall–Kier alpha value is -3.65. The van der Waals surface area contributed by atoms with Crippen LogP contribution < -0.4 is 19.6 Å². The Bertz CT molecular complexity index is 1130. The van der Waals surface area contributed by atoms with E-state index in [-0.39, 0.29) is 11.7 Å². The number of carbonyl (C=O) groups excluding carboxylic acids is 2. The van der Waals surface area contributed by atoms with Gasteiger partial charge in [-0.3, -0.25) is 4.79 Å². The Labute approximate surface area is 194 Å². The van der Waals surface area contributed by atoms with Crippen LogP contribution in [-0.4, -0.2) is 31.8 Å². The average molecular weight is 497 g/mol. The van der Waals surface area contributed by atoms with Crippen LogP contribution in [-0.2, 0) is 0 Å². The Kier molecular flexibility index (Phi) is 7.99. The van der Waals surface area contributed by atoms with E-state index in [1.54, 1.807) is 67.8 Å². The molecule has 1 N–H and O–H groups in total. The maximum absolute atomic E-state index is 12.5. The number of rotatable bonds is 8. The van der Waals surface area contributed by atoms with Crippen molar-refractivity contribution in [1.29, 1.82) is 0 Å². The number of methoxy groups -OCH3 is 1. The van der Waals surface area contributed by atoms with Gasteiger partial charge in [0.25, 0.3) is 5.91 Å². The quantitative estimate of drug-likeness (QED) is 0.208. The van der Waals surface area contributed by atoms with Crippen molar-refractivity contribution < 1.29 is 23.8 Å². The number of carbonyl (C=O) groups is 2. The van der Waals surface area contributed by atoms with E-state index in [9.17, 15) is 9.59 Å². The van der Waals surface area contributed by atoms with Crippen LogP contribution in [0.1, 0.15) is 33.2 Å². The van der Waals surface area contributed by atoms with Gasteiger partial charge in [-0.05, 0) is 83.0 Å². The fourth-order valence-corrected chi connectivity index (χ4v) is 3.18. The maximum Gasteiger partial charge on any atom is 0.343 e. The molecular weight excluding hydrogens is 476 g/mol. The molecule has 3 aromatic rings. The minimum atomic E-state index is -0.518. The Morgan fingerprint density at radius 3 is 2.47 bits per heavy atom. The van der Waals surface area contributed by atoms with Gasteiger partial charge >= 0.3 is 5.97 Å². The lowest BCUT2D eigenvalue weighted by Crippen LogP contribution is -2.18. The molecule has 7 nitrogen and oxygen atoms in total. The van der Waals surface area contributed by atoms with Crippen molar-refractivity contribution in [2.75, 3.05) is 13.7 Å². The van der Waals surface area contributed by atoms with Gasteiger partial charge in [0.15, 0.2) is 11.5 Å². The van der Waals surface area contributed by atoms with Crippen LogP contribution in [0.3, 0.4) is 0 Å². The van der Waals surface area contributed by atoms with Gasteiger partial charge < -0.3 is 14.2 Å². The van der Waals surface area contributed by atoms with E-state index < -0.39 is 5.97 Å². The molecule has 0 unspecified atom stereocenters. The normalized spacial score (nSPS) is 10.6. The number of benzene rings is 3. The summed E-state index contributed by atoms with van der Waals surface area (Å²) in [7, 11) is 1.55. The third kappa shape index (κ3) is 5.95. The Balaban J connectivity index is 1.70. The van der Waals surface area contributed by atoms with E-state index in [4.69, 9.17) is 14.2 Å². The minimum Gasteiger partial charge on any atom is -0.497 e. The van der Waals surface area contributed by atoms with E-state index in [0.717, 1.165) is 0 Å². The van der Waals surface area contributed by atoms with Crippen molar-refractivity contribution in [3.8, 4) is 17.2 Å². The van der Waals surface area contributed by atoms with Crippen molar-refractivity contribution in [3.05, 3.63) is 87.9 Å².